The Balaban J connectivity index is 1.32. The largest absolute Gasteiger partial charge is 0.481 e. The Morgan fingerprint density at radius 1 is 1.06 bits per heavy atom. The zero-order chi connectivity index (χ0) is 24.3. The summed E-state index contributed by atoms with van der Waals surface area (Å²) in [6.45, 7) is 4.01. The van der Waals surface area contributed by atoms with Gasteiger partial charge in [0.15, 0.2) is 0 Å². The maximum absolute atomic E-state index is 12.9. The van der Waals surface area contributed by atoms with E-state index < -0.39 is 23.5 Å². The Kier molecular flexibility index (Phi) is 6.91. The van der Waals surface area contributed by atoms with Crippen LogP contribution in [0.15, 0.2) is 48.5 Å². The molecule has 4 rings (SSSR count). The molecule has 1 fully saturated rings. The SMILES string of the molecule is CCC(CNC(=O)OCC1c2ccccc2-c2ccccc21)C(=O)NC(C)(CC(=O)O)C1CC1. The molecule has 7 heteroatoms. The number of hydrogen-bond donors (Lipinski definition) is 3. The van der Waals surface area contributed by atoms with Crippen molar-refractivity contribution in [1.29, 1.82) is 0 Å². The average molecular weight is 465 g/mol. The van der Waals surface area contributed by atoms with Gasteiger partial charge in [-0.2, -0.15) is 0 Å². The third kappa shape index (κ3) is 5.08. The smallest absolute Gasteiger partial charge is 0.407 e. The Labute approximate surface area is 199 Å². The number of benzene rings is 2. The van der Waals surface area contributed by atoms with Crippen LogP contribution in [0.3, 0.4) is 0 Å². The van der Waals surface area contributed by atoms with Crippen LogP contribution in [-0.4, -0.2) is 41.8 Å². The number of amides is 2. The van der Waals surface area contributed by atoms with Crippen LogP contribution in [0.2, 0.25) is 0 Å². The van der Waals surface area contributed by atoms with Crippen molar-refractivity contribution in [1.82, 2.24) is 10.6 Å². The average Bonchev–Trinajstić information content (AvgIpc) is 3.62. The van der Waals surface area contributed by atoms with Crippen molar-refractivity contribution in [3.05, 3.63) is 59.7 Å². The highest BCUT2D eigenvalue weighted by Crippen LogP contribution is 2.44. The van der Waals surface area contributed by atoms with Crippen molar-refractivity contribution in [2.24, 2.45) is 11.8 Å². The molecule has 2 aliphatic carbocycles. The van der Waals surface area contributed by atoms with E-state index in [9.17, 15) is 19.5 Å². The summed E-state index contributed by atoms with van der Waals surface area (Å²) in [7, 11) is 0. The minimum Gasteiger partial charge on any atom is -0.481 e. The number of nitrogens with one attached hydrogen (secondary N) is 2. The van der Waals surface area contributed by atoms with Crippen molar-refractivity contribution >= 4 is 18.0 Å². The van der Waals surface area contributed by atoms with Crippen molar-refractivity contribution in [3.63, 3.8) is 0 Å². The van der Waals surface area contributed by atoms with Crippen LogP contribution < -0.4 is 10.6 Å². The minimum atomic E-state index is -0.931. The van der Waals surface area contributed by atoms with Crippen LogP contribution in [0.5, 0.6) is 0 Å². The van der Waals surface area contributed by atoms with Gasteiger partial charge >= 0.3 is 12.1 Å². The molecule has 1 saturated carbocycles. The first-order valence-corrected chi connectivity index (χ1v) is 11.9. The predicted octanol–water partition coefficient (Wildman–Crippen LogP) is 4.31. The van der Waals surface area contributed by atoms with E-state index in [0.717, 1.165) is 35.1 Å². The van der Waals surface area contributed by atoms with Gasteiger partial charge in [-0.05, 0) is 54.4 Å². The lowest BCUT2D eigenvalue weighted by Gasteiger charge is -2.31. The molecule has 0 aliphatic heterocycles. The molecular formula is C27H32N2O5. The zero-order valence-corrected chi connectivity index (χ0v) is 19.7. The molecule has 0 aromatic heterocycles. The van der Waals surface area contributed by atoms with Crippen LogP contribution in [0.25, 0.3) is 11.1 Å². The van der Waals surface area contributed by atoms with Gasteiger partial charge in [0.2, 0.25) is 5.91 Å². The van der Waals surface area contributed by atoms with Crippen LogP contribution in [0, 0.1) is 11.8 Å². The molecule has 2 amide bonds. The molecule has 7 nitrogen and oxygen atoms in total. The molecule has 2 aliphatic rings. The second-order valence-electron chi connectivity index (χ2n) is 9.56. The van der Waals surface area contributed by atoms with Crippen molar-refractivity contribution in [2.75, 3.05) is 13.2 Å². The second kappa shape index (κ2) is 9.87. The topological polar surface area (TPSA) is 105 Å². The number of alkyl carbamates (subject to hydrolysis) is 1. The third-order valence-electron chi connectivity index (χ3n) is 7.11. The van der Waals surface area contributed by atoms with E-state index in [2.05, 4.69) is 34.9 Å². The quantitative estimate of drug-likeness (QED) is 0.486. The maximum atomic E-state index is 12.9. The van der Waals surface area contributed by atoms with E-state index in [-0.39, 0.29) is 37.3 Å². The highest BCUT2D eigenvalue weighted by Gasteiger charge is 2.44. The molecule has 2 aromatic carbocycles. The van der Waals surface area contributed by atoms with E-state index in [1.807, 2.05) is 31.2 Å². The Bertz CT molecular complexity index is 1030. The number of fused-ring (bicyclic) bond motifs is 3. The lowest BCUT2D eigenvalue weighted by molar-refractivity contribution is -0.139. The number of carboxylic acid groups (broad SMARTS) is 1. The summed E-state index contributed by atoms with van der Waals surface area (Å²) in [6.07, 6.45) is 1.67. The molecule has 2 aromatic rings. The lowest BCUT2D eigenvalue weighted by Crippen LogP contribution is -2.52. The van der Waals surface area contributed by atoms with Crippen molar-refractivity contribution < 1.29 is 24.2 Å². The first kappa shape index (κ1) is 23.8. The minimum absolute atomic E-state index is 0.0290. The highest BCUT2D eigenvalue weighted by molar-refractivity contribution is 5.82. The number of ether oxygens (including phenoxy) is 1. The number of carbonyl (C=O) groups is 3. The van der Waals surface area contributed by atoms with Gasteiger partial charge in [-0.3, -0.25) is 9.59 Å². The Morgan fingerprint density at radius 2 is 1.65 bits per heavy atom. The Morgan fingerprint density at radius 3 is 2.18 bits per heavy atom. The van der Waals surface area contributed by atoms with Crippen molar-refractivity contribution in [3.8, 4) is 11.1 Å². The Hall–Kier alpha value is -3.35. The number of hydrogen-bond acceptors (Lipinski definition) is 4. The summed E-state index contributed by atoms with van der Waals surface area (Å²) in [4.78, 5) is 36.6. The molecule has 0 saturated heterocycles. The lowest BCUT2D eigenvalue weighted by atomic mass is 9.90. The van der Waals surface area contributed by atoms with Gasteiger partial charge in [-0.25, -0.2) is 4.79 Å². The summed E-state index contributed by atoms with van der Waals surface area (Å²) in [6, 6.07) is 16.3. The van der Waals surface area contributed by atoms with Crippen LogP contribution in [0.4, 0.5) is 4.79 Å². The molecule has 2 atom stereocenters. The maximum Gasteiger partial charge on any atom is 0.407 e. The van der Waals surface area contributed by atoms with E-state index in [1.54, 1.807) is 6.92 Å². The standard InChI is InChI=1S/C27H32N2O5/c1-3-17(25(32)29-27(2,14-24(30)31)18-12-13-18)15-28-26(33)34-16-23-21-10-6-4-8-19(21)20-9-5-7-11-22(20)23/h4-11,17-18,23H,3,12-16H2,1-2H3,(H,28,33)(H,29,32)(H,30,31). The number of carbonyl (C=O) groups excluding carboxylic acids is 2. The molecule has 0 radical (unpaired) electrons. The molecule has 34 heavy (non-hydrogen) atoms. The highest BCUT2D eigenvalue weighted by atomic mass is 16.5. The van der Waals surface area contributed by atoms with Gasteiger partial charge in [-0.15, -0.1) is 0 Å². The first-order chi connectivity index (χ1) is 16.3. The van der Waals surface area contributed by atoms with Crippen LogP contribution >= 0.6 is 0 Å². The fourth-order valence-electron chi connectivity index (χ4n) is 4.99. The second-order valence-corrected chi connectivity index (χ2v) is 9.56. The third-order valence-corrected chi connectivity index (χ3v) is 7.11. The van der Waals surface area contributed by atoms with Gasteiger partial charge in [0.25, 0.3) is 0 Å². The van der Waals surface area contributed by atoms with Gasteiger partial charge in [0.05, 0.1) is 17.9 Å². The monoisotopic (exact) mass is 464 g/mol. The van der Waals surface area contributed by atoms with Gasteiger partial charge < -0.3 is 20.5 Å². The molecule has 3 N–H and O–H groups in total. The van der Waals surface area contributed by atoms with Crippen LogP contribution in [0.1, 0.15) is 56.6 Å². The predicted molar refractivity (Wildman–Crippen MR) is 128 cm³/mol. The molecule has 0 spiro atoms. The molecule has 2 unspecified atom stereocenters. The summed E-state index contributed by atoms with van der Waals surface area (Å²) in [5.41, 5.74) is 3.84. The zero-order valence-electron chi connectivity index (χ0n) is 19.7. The normalized spacial score (nSPS) is 17.1. The van der Waals surface area contributed by atoms with E-state index in [1.165, 1.54) is 0 Å². The molecule has 180 valence electrons. The van der Waals surface area contributed by atoms with E-state index in [0.29, 0.717) is 6.42 Å². The summed E-state index contributed by atoms with van der Waals surface area (Å²) < 4.78 is 5.56. The van der Waals surface area contributed by atoms with Gasteiger partial charge in [0.1, 0.15) is 6.61 Å². The number of rotatable bonds is 10. The van der Waals surface area contributed by atoms with Gasteiger partial charge in [0, 0.05) is 12.5 Å². The summed E-state index contributed by atoms with van der Waals surface area (Å²) >= 11 is 0. The molecular weight excluding hydrogens is 432 g/mol. The summed E-state index contributed by atoms with van der Waals surface area (Å²) in [5, 5.41) is 14.9. The molecule has 0 bridgehead atoms. The number of aliphatic carboxylic acids is 1. The number of carboxylic acids is 1. The van der Waals surface area contributed by atoms with E-state index in [4.69, 9.17) is 4.74 Å². The molecule has 0 heterocycles. The summed E-state index contributed by atoms with van der Waals surface area (Å²) in [5.74, 6) is -1.48. The first-order valence-electron chi connectivity index (χ1n) is 11.9. The van der Waals surface area contributed by atoms with Crippen LogP contribution in [-0.2, 0) is 14.3 Å². The van der Waals surface area contributed by atoms with Gasteiger partial charge in [-0.1, -0.05) is 55.5 Å². The fourth-order valence-corrected chi connectivity index (χ4v) is 4.99. The fraction of sp³-hybridized carbons (Fsp3) is 0.444. The van der Waals surface area contributed by atoms with Crippen molar-refractivity contribution in [2.45, 2.75) is 51.0 Å². The van der Waals surface area contributed by atoms with E-state index >= 15 is 0 Å².